The summed E-state index contributed by atoms with van der Waals surface area (Å²) in [6.07, 6.45) is 15.0. The minimum absolute atomic E-state index is 0. The summed E-state index contributed by atoms with van der Waals surface area (Å²) in [4.78, 5) is 0. The van der Waals surface area contributed by atoms with Gasteiger partial charge in [0.15, 0.2) is 0 Å². The molecule has 0 aromatic heterocycles. The van der Waals surface area contributed by atoms with Crippen LogP contribution < -0.4 is 0 Å². The van der Waals surface area contributed by atoms with Crippen molar-refractivity contribution in [2.45, 2.75) is 90.9 Å². The zero-order valence-electron chi connectivity index (χ0n) is 14.3. The molecule has 0 radical (unpaired) electrons. The first-order valence-electron chi connectivity index (χ1n) is 8.05. The van der Waals surface area contributed by atoms with Crippen LogP contribution in [0.4, 0.5) is 0 Å². The third-order valence-electron chi connectivity index (χ3n) is 3.02. The van der Waals surface area contributed by atoms with Gasteiger partial charge in [-0.1, -0.05) is 78.1 Å². The van der Waals surface area contributed by atoms with E-state index in [9.17, 15) is 0 Å². The maximum Gasteiger partial charge on any atom is 0.0431 e. The Bertz CT molecular complexity index is 101. The molecule has 0 heterocycles. The van der Waals surface area contributed by atoms with E-state index in [1.165, 1.54) is 64.2 Å². The van der Waals surface area contributed by atoms with Crippen LogP contribution in [0.3, 0.4) is 0 Å². The van der Waals surface area contributed by atoms with E-state index in [0.29, 0.717) is 13.2 Å². The molecule has 21 heavy (non-hydrogen) atoms. The third-order valence-corrected chi connectivity index (χ3v) is 3.02. The van der Waals surface area contributed by atoms with E-state index >= 15 is 0 Å². The van der Waals surface area contributed by atoms with Gasteiger partial charge in [0.1, 0.15) is 0 Å². The SMILES string of the molecule is CCCCCCCCO.CCCCCCCCO.O.O.[Ti]. The van der Waals surface area contributed by atoms with E-state index in [1.807, 2.05) is 0 Å². The summed E-state index contributed by atoms with van der Waals surface area (Å²) in [5.74, 6) is 0. The summed E-state index contributed by atoms with van der Waals surface area (Å²) >= 11 is 0. The second-order valence-corrected chi connectivity index (χ2v) is 4.98. The fourth-order valence-electron chi connectivity index (χ4n) is 1.78. The molecule has 4 nitrogen and oxygen atoms in total. The van der Waals surface area contributed by atoms with Crippen LogP contribution in [0.25, 0.3) is 0 Å². The molecule has 0 atom stereocenters. The predicted molar refractivity (Wildman–Crippen MR) is 88.2 cm³/mol. The van der Waals surface area contributed by atoms with E-state index in [4.69, 9.17) is 10.2 Å². The van der Waals surface area contributed by atoms with E-state index in [0.717, 1.165) is 12.8 Å². The average Bonchev–Trinajstić information content (AvgIpc) is 2.39. The van der Waals surface area contributed by atoms with E-state index in [2.05, 4.69) is 13.8 Å². The summed E-state index contributed by atoms with van der Waals surface area (Å²) in [6, 6.07) is 0. The van der Waals surface area contributed by atoms with Crippen molar-refractivity contribution in [2.24, 2.45) is 0 Å². The van der Waals surface area contributed by atoms with Crippen LogP contribution in [0, 0.1) is 0 Å². The van der Waals surface area contributed by atoms with Gasteiger partial charge in [-0.2, -0.15) is 0 Å². The minimum atomic E-state index is 0. The minimum Gasteiger partial charge on any atom is -0.412 e. The standard InChI is InChI=1S/2C8H18O.2H2O.Ti/c2*1-2-3-4-5-6-7-8-9;;;/h2*9H,2-8H2,1H3;2*1H2;. The topological polar surface area (TPSA) is 103 Å². The molecule has 132 valence electrons. The molecular weight excluding hydrogens is 304 g/mol. The van der Waals surface area contributed by atoms with Crippen LogP contribution in [0.1, 0.15) is 90.9 Å². The molecule has 0 aliphatic rings. The first-order valence-corrected chi connectivity index (χ1v) is 8.05. The van der Waals surface area contributed by atoms with Crippen LogP contribution in [-0.4, -0.2) is 34.4 Å². The molecule has 0 fully saturated rings. The van der Waals surface area contributed by atoms with Crippen LogP contribution in [-0.2, 0) is 21.7 Å². The molecule has 5 heteroatoms. The Morgan fingerprint density at radius 1 is 0.476 bits per heavy atom. The number of aliphatic hydroxyl groups excluding tert-OH is 2. The molecule has 0 bridgehead atoms. The molecule has 0 amide bonds. The predicted octanol–water partition coefficient (Wildman–Crippen LogP) is 3.03. The summed E-state index contributed by atoms with van der Waals surface area (Å²) in [5, 5.41) is 16.8. The molecule has 0 aliphatic carbocycles. The zero-order valence-corrected chi connectivity index (χ0v) is 15.9. The van der Waals surface area contributed by atoms with Gasteiger partial charge in [-0.05, 0) is 12.8 Å². The van der Waals surface area contributed by atoms with Crippen LogP contribution >= 0.6 is 0 Å². The zero-order chi connectivity index (χ0) is 13.9. The van der Waals surface area contributed by atoms with Gasteiger partial charge in [0, 0.05) is 34.9 Å². The van der Waals surface area contributed by atoms with Crippen molar-refractivity contribution < 1.29 is 42.9 Å². The van der Waals surface area contributed by atoms with E-state index in [-0.39, 0.29) is 32.7 Å². The molecule has 0 aromatic rings. The second kappa shape index (κ2) is 37.1. The summed E-state index contributed by atoms with van der Waals surface area (Å²) < 4.78 is 0. The average molecular weight is 344 g/mol. The molecule has 0 aliphatic heterocycles. The number of unbranched alkanes of at least 4 members (excludes halogenated alkanes) is 10. The molecule has 6 N–H and O–H groups in total. The van der Waals surface area contributed by atoms with Crippen molar-refractivity contribution in [2.75, 3.05) is 13.2 Å². The molecule has 0 rings (SSSR count). The van der Waals surface area contributed by atoms with Gasteiger partial charge in [0.25, 0.3) is 0 Å². The van der Waals surface area contributed by atoms with Crippen molar-refractivity contribution in [3.05, 3.63) is 0 Å². The van der Waals surface area contributed by atoms with Crippen molar-refractivity contribution in [3.63, 3.8) is 0 Å². The Labute approximate surface area is 147 Å². The third kappa shape index (κ3) is 44.9. The van der Waals surface area contributed by atoms with Gasteiger partial charge in [0.2, 0.25) is 0 Å². The fraction of sp³-hybridized carbons (Fsp3) is 1.00. The summed E-state index contributed by atoms with van der Waals surface area (Å²) in [6.45, 7) is 5.16. The Balaban J connectivity index is -0.0000000711. The molecule has 0 unspecified atom stereocenters. The van der Waals surface area contributed by atoms with Gasteiger partial charge < -0.3 is 21.2 Å². The van der Waals surface area contributed by atoms with Gasteiger partial charge in [-0.3, -0.25) is 0 Å². The number of hydrogen-bond donors (Lipinski definition) is 2. The Hall–Kier alpha value is 0.554. The van der Waals surface area contributed by atoms with Gasteiger partial charge >= 0.3 is 0 Å². The van der Waals surface area contributed by atoms with Gasteiger partial charge in [-0.15, -0.1) is 0 Å². The second-order valence-electron chi connectivity index (χ2n) is 4.98. The van der Waals surface area contributed by atoms with Crippen molar-refractivity contribution in [1.82, 2.24) is 0 Å². The molecule has 0 saturated heterocycles. The Kier molecular flexibility index (Phi) is 58.7. The number of aliphatic hydroxyl groups is 2. The van der Waals surface area contributed by atoms with Gasteiger partial charge in [0.05, 0.1) is 0 Å². The largest absolute Gasteiger partial charge is 0.412 e. The number of hydrogen-bond acceptors (Lipinski definition) is 2. The van der Waals surface area contributed by atoms with Gasteiger partial charge in [-0.25, -0.2) is 0 Å². The monoisotopic (exact) mass is 344 g/mol. The van der Waals surface area contributed by atoms with E-state index < -0.39 is 0 Å². The summed E-state index contributed by atoms with van der Waals surface area (Å²) in [7, 11) is 0. The van der Waals surface area contributed by atoms with E-state index in [1.54, 1.807) is 0 Å². The van der Waals surface area contributed by atoms with Crippen molar-refractivity contribution >= 4 is 0 Å². The quantitative estimate of drug-likeness (QED) is 0.420. The number of rotatable bonds is 12. The molecule has 0 saturated carbocycles. The molecule has 0 spiro atoms. The van der Waals surface area contributed by atoms with Crippen molar-refractivity contribution in [3.8, 4) is 0 Å². The first kappa shape index (κ1) is 33.2. The van der Waals surface area contributed by atoms with Crippen LogP contribution in [0.2, 0.25) is 0 Å². The Morgan fingerprint density at radius 3 is 0.952 bits per heavy atom. The first-order chi connectivity index (χ1) is 8.83. The summed E-state index contributed by atoms with van der Waals surface area (Å²) in [5.41, 5.74) is 0. The van der Waals surface area contributed by atoms with Crippen LogP contribution in [0.5, 0.6) is 0 Å². The smallest absolute Gasteiger partial charge is 0.0431 e. The van der Waals surface area contributed by atoms with Crippen LogP contribution in [0.15, 0.2) is 0 Å². The maximum atomic E-state index is 8.42. The maximum absolute atomic E-state index is 8.42. The van der Waals surface area contributed by atoms with Crippen molar-refractivity contribution in [1.29, 1.82) is 0 Å². The fourth-order valence-corrected chi connectivity index (χ4v) is 1.78. The normalized spacial score (nSPS) is 8.57. The molecular formula is C16H40O4Ti. The Morgan fingerprint density at radius 2 is 0.714 bits per heavy atom. The molecule has 0 aromatic carbocycles.